The molecular formula is C13H20N2O2S. The van der Waals surface area contributed by atoms with Crippen molar-refractivity contribution >= 4 is 15.7 Å². The van der Waals surface area contributed by atoms with Gasteiger partial charge in [0.05, 0.1) is 6.26 Å². The molecule has 0 radical (unpaired) electrons. The van der Waals surface area contributed by atoms with Gasteiger partial charge in [-0.3, -0.25) is 0 Å². The molecule has 0 aliphatic carbocycles. The van der Waals surface area contributed by atoms with Crippen molar-refractivity contribution in [3.63, 3.8) is 0 Å². The summed E-state index contributed by atoms with van der Waals surface area (Å²) in [5, 5.41) is 0. The molecule has 18 heavy (non-hydrogen) atoms. The highest BCUT2D eigenvalue weighted by Crippen LogP contribution is 2.25. The first kappa shape index (κ1) is 13.4. The third-order valence-electron chi connectivity index (χ3n) is 3.41. The predicted molar refractivity (Wildman–Crippen MR) is 74.3 cm³/mol. The molecule has 1 heterocycles. The van der Waals surface area contributed by atoms with E-state index in [1.807, 2.05) is 18.2 Å². The smallest absolute Gasteiger partial charge is 0.211 e. The maximum Gasteiger partial charge on any atom is 0.211 e. The summed E-state index contributed by atoms with van der Waals surface area (Å²) in [7, 11) is -3.09. The fourth-order valence-electron chi connectivity index (χ4n) is 2.65. The Morgan fingerprint density at radius 3 is 2.00 bits per heavy atom. The van der Waals surface area contributed by atoms with Crippen molar-refractivity contribution in [3.8, 4) is 0 Å². The van der Waals surface area contributed by atoms with Crippen LogP contribution in [0.3, 0.4) is 0 Å². The van der Waals surface area contributed by atoms with E-state index in [-0.39, 0.29) is 12.1 Å². The molecule has 4 nitrogen and oxygen atoms in total. The van der Waals surface area contributed by atoms with E-state index in [0.717, 1.165) is 5.69 Å². The Balaban J connectivity index is 2.22. The molecule has 1 saturated heterocycles. The van der Waals surface area contributed by atoms with Crippen molar-refractivity contribution in [1.29, 1.82) is 0 Å². The van der Waals surface area contributed by atoms with Gasteiger partial charge in [-0.2, -0.15) is 4.31 Å². The van der Waals surface area contributed by atoms with Crippen molar-refractivity contribution in [3.05, 3.63) is 30.3 Å². The van der Waals surface area contributed by atoms with Crippen LogP contribution < -0.4 is 4.90 Å². The molecule has 2 atom stereocenters. The zero-order valence-electron chi connectivity index (χ0n) is 11.1. The van der Waals surface area contributed by atoms with Gasteiger partial charge in [-0.25, -0.2) is 8.42 Å². The van der Waals surface area contributed by atoms with E-state index < -0.39 is 10.0 Å². The summed E-state index contributed by atoms with van der Waals surface area (Å²) >= 11 is 0. The highest BCUT2D eigenvalue weighted by Gasteiger charge is 2.33. The Labute approximate surface area is 109 Å². The third kappa shape index (κ3) is 2.67. The van der Waals surface area contributed by atoms with Crippen molar-refractivity contribution < 1.29 is 8.42 Å². The van der Waals surface area contributed by atoms with E-state index in [2.05, 4.69) is 30.9 Å². The quantitative estimate of drug-likeness (QED) is 0.817. The van der Waals surface area contributed by atoms with Crippen LogP contribution in [-0.2, 0) is 10.0 Å². The zero-order chi connectivity index (χ0) is 13.3. The summed E-state index contributed by atoms with van der Waals surface area (Å²) in [5.41, 5.74) is 1.16. The van der Waals surface area contributed by atoms with Crippen LogP contribution in [-0.4, -0.2) is 44.2 Å². The second-order valence-electron chi connectivity index (χ2n) is 5.02. The lowest BCUT2D eigenvalue weighted by atomic mass is 10.1. The summed E-state index contributed by atoms with van der Waals surface area (Å²) < 4.78 is 24.8. The summed E-state index contributed by atoms with van der Waals surface area (Å²) in [4.78, 5) is 2.29. The third-order valence-corrected chi connectivity index (χ3v) is 4.64. The minimum atomic E-state index is -3.09. The molecule has 0 aromatic heterocycles. The minimum Gasteiger partial charge on any atom is -0.363 e. The highest BCUT2D eigenvalue weighted by atomic mass is 32.2. The largest absolute Gasteiger partial charge is 0.363 e. The van der Waals surface area contributed by atoms with Crippen LogP contribution in [0.4, 0.5) is 5.69 Å². The van der Waals surface area contributed by atoms with Crippen LogP contribution in [0.5, 0.6) is 0 Å². The number of piperazine rings is 1. The minimum absolute atomic E-state index is 0.186. The van der Waals surface area contributed by atoms with Gasteiger partial charge in [0.25, 0.3) is 0 Å². The Kier molecular flexibility index (Phi) is 3.64. The van der Waals surface area contributed by atoms with Crippen molar-refractivity contribution in [2.24, 2.45) is 0 Å². The molecule has 0 N–H and O–H groups in total. The first-order valence-corrected chi connectivity index (χ1v) is 8.03. The number of anilines is 1. The van der Waals surface area contributed by atoms with E-state index in [1.54, 1.807) is 4.31 Å². The predicted octanol–water partition coefficient (Wildman–Crippen LogP) is 1.55. The van der Waals surface area contributed by atoms with Crippen LogP contribution in [0.15, 0.2) is 30.3 Å². The van der Waals surface area contributed by atoms with E-state index in [4.69, 9.17) is 0 Å². The van der Waals surface area contributed by atoms with Crippen LogP contribution >= 0.6 is 0 Å². The summed E-state index contributed by atoms with van der Waals surface area (Å²) in [6.45, 7) is 5.25. The summed E-state index contributed by atoms with van der Waals surface area (Å²) in [6, 6.07) is 10.5. The van der Waals surface area contributed by atoms with Gasteiger partial charge >= 0.3 is 0 Å². The fraction of sp³-hybridized carbons (Fsp3) is 0.538. The second kappa shape index (κ2) is 4.90. The fourth-order valence-corrected chi connectivity index (χ4v) is 3.63. The Morgan fingerprint density at radius 1 is 1.06 bits per heavy atom. The molecule has 0 saturated carbocycles. The molecule has 5 heteroatoms. The first-order chi connectivity index (χ1) is 8.39. The number of para-hydroxylation sites is 1. The standard InChI is InChI=1S/C13H20N2O2S/c1-11-9-14(18(3,16)17)10-12(2)15(11)13-7-5-4-6-8-13/h4-8,11-12H,9-10H2,1-3H3. The number of nitrogens with zero attached hydrogens (tertiary/aromatic N) is 2. The lowest BCUT2D eigenvalue weighted by molar-refractivity contribution is 0.303. The van der Waals surface area contributed by atoms with Crippen molar-refractivity contribution in [2.75, 3.05) is 24.2 Å². The Hall–Kier alpha value is -1.07. The molecule has 1 aliphatic heterocycles. The monoisotopic (exact) mass is 268 g/mol. The molecule has 2 unspecified atom stereocenters. The van der Waals surface area contributed by atoms with Gasteiger partial charge in [0.15, 0.2) is 0 Å². The number of hydrogen-bond donors (Lipinski definition) is 0. The van der Waals surface area contributed by atoms with Gasteiger partial charge in [-0.1, -0.05) is 18.2 Å². The average molecular weight is 268 g/mol. The molecular weight excluding hydrogens is 248 g/mol. The van der Waals surface area contributed by atoms with Crippen LogP contribution in [0.1, 0.15) is 13.8 Å². The summed E-state index contributed by atoms with van der Waals surface area (Å²) in [5.74, 6) is 0. The molecule has 0 bridgehead atoms. The average Bonchev–Trinajstić information content (AvgIpc) is 2.28. The Morgan fingerprint density at radius 2 is 1.56 bits per heavy atom. The normalized spacial score (nSPS) is 26.3. The lowest BCUT2D eigenvalue weighted by Gasteiger charge is -2.44. The van der Waals surface area contributed by atoms with E-state index in [0.29, 0.717) is 13.1 Å². The maximum atomic E-state index is 11.6. The molecule has 1 fully saturated rings. The van der Waals surface area contributed by atoms with Gasteiger partial charge < -0.3 is 4.90 Å². The number of rotatable bonds is 2. The molecule has 1 aromatic carbocycles. The van der Waals surface area contributed by atoms with E-state index in [1.165, 1.54) is 6.26 Å². The first-order valence-electron chi connectivity index (χ1n) is 6.18. The number of benzene rings is 1. The van der Waals surface area contributed by atoms with Gasteiger partial charge in [0, 0.05) is 30.9 Å². The van der Waals surface area contributed by atoms with Gasteiger partial charge in [-0.05, 0) is 26.0 Å². The van der Waals surface area contributed by atoms with Crippen LogP contribution in [0.25, 0.3) is 0 Å². The topological polar surface area (TPSA) is 40.6 Å². The molecule has 2 rings (SSSR count). The van der Waals surface area contributed by atoms with Gasteiger partial charge in [0.2, 0.25) is 10.0 Å². The van der Waals surface area contributed by atoms with Crippen molar-refractivity contribution in [1.82, 2.24) is 4.31 Å². The van der Waals surface area contributed by atoms with E-state index >= 15 is 0 Å². The zero-order valence-corrected chi connectivity index (χ0v) is 11.9. The molecule has 1 aliphatic rings. The van der Waals surface area contributed by atoms with Gasteiger partial charge in [0.1, 0.15) is 0 Å². The molecule has 0 spiro atoms. The lowest BCUT2D eigenvalue weighted by Crippen LogP contribution is -2.58. The van der Waals surface area contributed by atoms with Crippen LogP contribution in [0, 0.1) is 0 Å². The maximum absolute atomic E-state index is 11.6. The van der Waals surface area contributed by atoms with Crippen LogP contribution in [0.2, 0.25) is 0 Å². The number of sulfonamides is 1. The molecule has 1 aromatic rings. The molecule has 0 amide bonds. The second-order valence-corrected chi connectivity index (χ2v) is 7.00. The van der Waals surface area contributed by atoms with Gasteiger partial charge in [-0.15, -0.1) is 0 Å². The SMILES string of the molecule is CC1CN(S(C)(=O)=O)CC(C)N1c1ccccc1. The Bertz CT molecular complexity index is 489. The number of hydrogen-bond acceptors (Lipinski definition) is 3. The molecule has 100 valence electrons. The van der Waals surface area contributed by atoms with Crippen molar-refractivity contribution in [2.45, 2.75) is 25.9 Å². The van der Waals surface area contributed by atoms with E-state index in [9.17, 15) is 8.42 Å². The highest BCUT2D eigenvalue weighted by molar-refractivity contribution is 7.88. The summed E-state index contributed by atoms with van der Waals surface area (Å²) in [6.07, 6.45) is 1.28.